The van der Waals surface area contributed by atoms with Crippen LogP contribution in [0.2, 0.25) is 0 Å². The summed E-state index contributed by atoms with van der Waals surface area (Å²) in [5.41, 5.74) is 1.38. The lowest BCUT2D eigenvalue weighted by Crippen LogP contribution is -2.57. The Kier molecular flexibility index (Phi) is 3.66. The van der Waals surface area contributed by atoms with Gasteiger partial charge in [0.2, 0.25) is 0 Å². The molecule has 2 heteroatoms. The molecule has 0 N–H and O–H groups in total. The molecule has 2 aliphatic heterocycles. The van der Waals surface area contributed by atoms with Gasteiger partial charge in [0.15, 0.2) is 0 Å². The van der Waals surface area contributed by atoms with E-state index in [1.807, 2.05) is 0 Å². The third-order valence-electron chi connectivity index (χ3n) is 7.75. The first-order valence-electron chi connectivity index (χ1n) is 9.97. The van der Waals surface area contributed by atoms with Gasteiger partial charge >= 0.3 is 0 Å². The number of piperidine rings is 1. The quantitative estimate of drug-likeness (QED) is 0.773. The summed E-state index contributed by atoms with van der Waals surface area (Å²) in [7, 11) is 0. The minimum atomic E-state index is 0.634. The van der Waals surface area contributed by atoms with Crippen molar-refractivity contribution in [1.29, 1.82) is 0 Å². The average molecular weight is 305 g/mol. The number of hydrogen-bond acceptors (Lipinski definition) is 2. The van der Waals surface area contributed by atoms with Crippen LogP contribution in [-0.2, 0) is 0 Å². The van der Waals surface area contributed by atoms with E-state index in [1.54, 1.807) is 6.42 Å². The average Bonchev–Trinajstić information content (AvgIpc) is 2.93. The van der Waals surface area contributed by atoms with E-state index < -0.39 is 0 Å². The summed E-state index contributed by atoms with van der Waals surface area (Å²) >= 11 is 0. The Hall–Kier alpha value is -0.0800. The van der Waals surface area contributed by atoms with Gasteiger partial charge in [-0.15, -0.1) is 0 Å². The lowest BCUT2D eigenvalue weighted by Gasteiger charge is -2.53. The zero-order valence-electron chi connectivity index (χ0n) is 15.3. The normalized spacial score (nSPS) is 46.1. The molecule has 2 saturated heterocycles. The summed E-state index contributed by atoms with van der Waals surface area (Å²) in [5.74, 6) is 2.14. The second-order valence-electron chi connectivity index (χ2n) is 9.62. The van der Waals surface area contributed by atoms with Gasteiger partial charge in [-0.1, -0.05) is 0 Å². The summed E-state index contributed by atoms with van der Waals surface area (Å²) in [4.78, 5) is 5.60. The van der Waals surface area contributed by atoms with Gasteiger partial charge in [0.25, 0.3) is 0 Å². The van der Waals surface area contributed by atoms with Gasteiger partial charge in [-0.25, -0.2) is 0 Å². The zero-order chi connectivity index (χ0) is 15.5. The van der Waals surface area contributed by atoms with Crippen molar-refractivity contribution < 1.29 is 0 Å². The highest BCUT2D eigenvalue weighted by molar-refractivity contribution is 5.16. The monoisotopic (exact) mass is 304 g/mol. The lowest BCUT2D eigenvalue weighted by atomic mass is 9.63. The Morgan fingerprint density at radius 1 is 0.864 bits per heavy atom. The molecule has 4 rings (SSSR count). The maximum absolute atomic E-state index is 2.85. The molecule has 0 radical (unpaired) electrons. The third-order valence-corrected chi connectivity index (χ3v) is 7.75. The second kappa shape index (κ2) is 5.21. The van der Waals surface area contributed by atoms with Crippen LogP contribution < -0.4 is 0 Å². The Balaban J connectivity index is 1.37. The summed E-state index contributed by atoms with van der Waals surface area (Å²) in [6, 6.07) is 1.50. The van der Waals surface area contributed by atoms with Crippen LogP contribution in [0.3, 0.4) is 0 Å². The molecule has 22 heavy (non-hydrogen) atoms. The zero-order valence-corrected chi connectivity index (χ0v) is 15.3. The number of nitrogens with zero attached hydrogens (tertiary/aromatic N) is 2. The molecule has 0 bridgehead atoms. The molecule has 2 aliphatic carbocycles. The Morgan fingerprint density at radius 2 is 1.59 bits per heavy atom. The molecule has 2 nitrogen and oxygen atoms in total. The predicted octanol–water partition coefficient (Wildman–Crippen LogP) is 4.15. The molecule has 2 atom stereocenters. The molecule has 2 saturated carbocycles. The maximum Gasteiger partial charge on any atom is 0.0218 e. The fourth-order valence-corrected chi connectivity index (χ4v) is 6.56. The molecule has 0 aromatic heterocycles. The van der Waals surface area contributed by atoms with Crippen molar-refractivity contribution in [3.05, 3.63) is 0 Å². The van der Waals surface area contributed by atoms with E-state index in [0.29, 0.717) is 5.54 Å². The van der Waals surface area contributed by atoms with Crippen LogP contribution in [0, 0.1) is 17.3 Å². The highest BCUT2D eigenvalue weighted by Gasteiger charge is 2.64. The smallest absolute Gasteiger partial charge is 0.0218 e. The van der Waals surface area contributed by atoms with E-state index in [0.717, 1.165) is 29.3 Å². The third kappa shape index (κ3) is 2.28. The molecule has 0 amide bonds. The Morgan fingerprint density at radius 3 is 2.27 bits per heavy atom. The van der Waals surface area contributed by atoms with E-state index in [9.17, 15) is 0 Å². The van der Waals surface area contributed by atoms with Crippen molar-refractivity contribution in [2.24, 2.45) is 17.3 Å². The van der Waals surface area contributed by atoms with Crippen molar-refractivity contribution in [3.8, 4) is 0 Å². The summed E-state index contributed by atoms with van der Waals surface area (Å²) in [6.45, 7) is 13.7. The number of likely N-dealkylation sites (tertiary alicyclic amines) is 2. The largest absolute Gasteiger partial charge is 0.300 e. The standard InChI is InChI=1S/C20H36N2/c1-15(2)21-9-5-7-19(14-21)13-18(19)17-11-20(12-17)8-6-10-22(20)16(3)4/h15-18H,5-14H2,1-4H3. The molecule has 126 valence electrons. The molecule has 2 spiro atoms. The number of hydrogen-bond donors (Lipinski definition) is 0. The second-order valence-corrected chi connectivity index (χ2v) is 9.62. The molecule has 0 aromatic rings. The van der Waals surface area contributed by atoms with Gasteiger partial charge < -0.3 is 4.90 Å². The van der Waals surface area contributed by atoms with E-state index in [-0.39, 0.29) is 0 Å². The van der Waals surface area contributed by atoms with Crippen LogP contribution in [0.5, 0.6) is 0 Å². The summed E-state index contributed by atoms with van der Waals surface area (Å²) in [6.07, 6.45) is 10.5. The number of rotatable bonds is 3. The van der Waals surface area contributed by atoms with Gasteiger partial charge in [-0.05, 0) is 103 Å². The minimum Gasteiger partial charge on any atom is -0.300 e. The fraction of sp³-hybridized carbons (Fsp3) is 1.00. The first-order chi connectivity index (χ1) is 10.5. The molecule has 0 aromatic carbocycles. The van der Waals surface area contributed by atoms with Crippen molar-refractivity contribution in [2.45, 2.75) is 90.3 Å². The van der Waals surface area contributed by atoms with E-state index in [1.165, 1.54) is 58.2 Å². The van der Waals surface area contributed by atoms with Crippen molar-refractivity contribution in [1.82, 2.24) is 9.80 Å². The van der Waals surface area contributed by atoms with Gasteiger partial charge in [-0.3, -0.25) is 4.90 Å². The highest BCUT2D eigenvalue weighted by Crippen LogP contribution is 2.67. The molecule has 2 heterocycles. The molecule has 2 unspecified atom stereocenters. The molecule has 4 fully saturated rings. The first-order valence-corrected chi connectivity index (χ1v) is 9.97. The van der Waals surface area contributed by atoms with E-state index >= 15 is 0 Å². The first kappa shape index (κ1) is 15.4. The van der Waals surface area contributed by atoms with E-state index in [4.69, 9.17) is 0 Å². The van der Waals surface area contributed by atoms with Gasteiger partial charge in [0.1, 0.15) is 0 Å². The minimum absolute atomic E-state index is 0.634. The van der Waals surface area contributed by atoms with Crippen LogP contribution in [0.15, 0.2) is 0 Å². The SMILES string of the molecule is CC(C)N1CCCC2(CC2C2CC3(CCCN3C(C)C)C2)C1. The van der Waals surface area contributed by atoms with Crippen LogP contribution >= 0.6 is 0 Å². The van der Waals surface area contributed by atoms with Gasteiger partial charge in [0, 0.05) is 24.2 Å². The molecular formula is C20H36N2. The van der Waals surface area contributed by atoms with Crippen molar-refractivity contribution >= 4 is 0 Å². The van der Waals surface area contributed by atoms with Gasteiger partial charge in [-0.2, -0.15) is 0 Å². The van der Waals surface area contributed by atoms with Crippen molar-refractivity contribution in [3.63, 3.8) is 0 Å². The lowest BCUT2D eigenvalue weighted by molar-refractivity contribution is -0.0294. The van der Waals surface area contributed by atoms with Crippen molar-refractivity contribution in [2.75, 3.05) is 19.6 Å². The predicted molar refractivity (Wildman–Crippen MR) is 93.0 cm³/mol. The van der Waals surface area contributed by atoms with Crippen LogP contribution in [0.4, 0.5) is 0 Å². The Bertz CT molecular complexity index is 423. The topological polar surface area (TPSA) is 6.48 Å². The highest BCUT2D eigenvalue weighted by atomic mass is 15.3. The summed E-state index contributed by atoms with van der Waals surface area (Å²) < 4.78 is 0. The van der Waals surface area contributed by atoms with Crippen LogP contribution in [0.25, 0.3) is 0 Å². The molecule has 4 aliphatic rings. The van der Waals surface area contributed by atoms with Gasteiger partial charge in [0.05, 0.1) is 0 Å². The fourth-order valence-electron chi connectivity index (χ4n) is 6.56. The molecular weight excluding hydrogens is 268 g/mol. The Labute approximate surface area is 137 Å². The summed E-state index contributed by atoms with van der Waals surface area (Å²) in [5, 5.41) is 0. The van der Waals surface area contributed by atoms with E-state index in [2.05, 4.69) is 37.5 Å². The van der Waals surface area contributed by atoms with Crippen LogP contribution in [-0.4, -0.2) is 47.1 Å². The maximum atomic E-state index is 2.85. The van der Waals surface area contributed by atoms with Crippen LogP contribution in [0.1, 0.15) is 72.6 Å².